The zero-order valence-electron chi connectivity index (χ0n) is 14.5. The normalized spacial score (nSPS) is 18.5. The molecule has 1 aliphatic carbocycles. The van der Waals surface area contributed by atoms with Crippen LogP contribution in [0.4, 0.5) is 0 Å². The molecule has 2 aromatic rings. The van der Waals surface area contributed by atoms with Gasteiger partial charge in [0.1, 0.15) is 0 Å². The van der Waals surface area contributed by atoms with Crippen LogP contribution in [-0.2, 0) is 11.8 Å². The van der Waals surface area contributed by atoms with Gasteiger partial charge in [0.05, 0.1) is 0 Å². The highest BCUT2D eigenvalue weighted by molar-refractivity contribution is 5.28. The molecule has 0 aliphatic heterocycles. The molecule has 3 rings (SSSR count). The maximum atomic E-state index is 2.47. The summed E-state index contributed by atoms with van der Waals surface area (Å²) in [5.74, 6) is 0.961. The van der Waals surface area contributed by atoms with Gasteiger partial charge in [-0.2, -0.15) is 0 Å². The monoisotopic (exact) mass is 306 g/mol. The largest absolute Gasteiger partial charge is 0.0622 e. The first-order valence-corrected chi connectivity index (χ1v) is 9.36. The molecule has 1 unspecified atom stereocenters. The van der Waals surface area contributed by atoms with Crippen LogP contribution >= 0.6 is 0 Å². The molecule has 0 heteroatoms. The maximum absolute atomic E-state index is 2.47. The van der Waals surface area contributed by atoms with Crippen LogP contribution in [0.5, 0.6) is 0 Å². The Bertz CT molecular complexity index is 566. The van der Waals surface area contributed by atoms with Crippen molar-refractivity contribution in [2.75, 3.05) is 0 Å². The second kappa shape index (κ2) is 7.81. The van der Waals surface area contributed by atoms with Gasteiger partial charge in [-0.15, -0.1) is 0 Å². The van der Waals surface area contributed by atoms with Crippen LogP contribution in [0.1, 0.15) is 63.0 Å². The van der Waals surface area contributed by atoms with E-state index in [0.29, 0.717) is 0 Å². The van der Waals surface area contributed by atoms with Crippen molar-refractivity contribution in [2.45, 2.75) is 63.7 Å². The van der Waals surface area contributed by atoms with Crippen molar-refractivity contribution in [3.63, 3.8) is 0 Å². The first-order valence-electron chi connectivity index (χ1n) is 9.36. The molecule has 2 aromatic carbocycles. The lowest BCUT2D eigenvalue weighted by Gasteiger charge is -2.33. The molecule has 0 aromatic heterocycles. The van der Waals surface area contributed by atoms with Crippen molar-refractivity contribution < 1.29 is 0 Å². The fourth-order valence-electron chi connectivity index (χ4n) is 4.22. The van der Waals surface area contributed by atoms with Crippen LogP contribution in [0.2, 0.25) is 0 Å². The SMILES string of the molecule is CC(CCC1CCCCC1)(Cc1ccccc1)c1ccccc1. The summed E-state index contributed by atoms with van der Waals surface area (Å²) in [6, 6.07) is 22.2. The Labute approximate surface area is 141 Å². The molecule has 0 nitrogen and oxygen atoms in total. The Balaban J connectivity index is 1.75. The number of rotatable bonds is 6. The Hall–Kier alpha value is -1.56. The van der Waals surface area contributed by atoms with E-state index in [1.807, 2.05) is 0 Å². The third-order valence-corrected chi connectivity index (χ3v) is 5.74. The molecule has 1 aliphatic rings. The molecule has 23 heavy (non-hydrogen) atoms. The van der Waals surface area contributed by atoms with E-state index < -0.39 is 0 Å². The number of hydrogen-bond donors (Lipinski definition) is 0. The van der Waals surface area contributed by atoms with E-state index in [1.54, 1.807) is 0 Å². The molecule has 1 fully saturated rings. The highest BCUT2D eigenvalue weighted by atomic mass is 14.3. The first-order chi connectivity index (χ1) is 11.3. The van der Waals surface area contributed by atoms with Crippen LogP contribution in [0.3, 0.4) is 0 Å². The zero-order chi connectivity index (χ0) is 16.0. The highest BCUT2D eigenvalue weighted by Gasteiger charge is 2.28. The average molecular weight is 306 g/mol. The molecular formula is C23H30. The summed E-state index contributed by atoms with van der Waals surface area (Å²) in [5, 5.41) is 0. The van der Waals surface area contributed by atoms with Crippen molar-refractivity contribution >= 4 is 0 Å². The van der Waals surface area contributed by atoms with Crippen molar-refractivity contribution in [1.82, 2.24) is 0 Å². The molecule has 0 radical (unpaired) electrons. The van der Waals surface area contributed by atoms with E-state index in [-0.39, 0.29) is 5.41 Å². The van der Waals surface area contributed by atoms with Gasteiger partial charge in [0.25, 0.3) is 0 Å². The Morgan fingerprint density at radius 2 is 1.43 bits per heavy atom. The Morgan fingerprint density at radius 1 is 0.826 bits per heavy atom. The molecule has 0 saturated heterocycles. The summed E-state index contributed by atoms with van der Waals surface area (Å²) in [5.41, 5.74) is 3.21. The summed E-state index contributed by atoms with van der Waals surface area (Å²) in [6.45, 7) is 2.47. The minimum Gasteiger partial charge on any atom is -0.0622 e. The van der Waals surface area contributed by atoms with Crippen molar-refractivity contribution in [2.24, 2.45) is 5.92 Å². The predicted molar refractivity (Wildman–Crippen MR) is 99.7 cm³/mol. The molecule has 1 atom stereocenters. The standard InChI is InChI=1S/C23H30/c1-23(22-15-9-4-10-16-22,19-21-13-7-3-8-14-21)18-17-20-11-5-2-6-12-20/h3-4,7-10,13-16,20H,2,5-6,11-12,17-19H2,1H3. The lowest BCUT2D eigenvalue weighted by molar-refractivity contribution is 0.293. The predicted octanol–water partition coefficient (Wildman–Crippen LogP) is 6.55. The third-order valence-electron chi connectivity index (χ3n) is 5.74. The third kappa shape index (κ3) is 4.47. The molecule has 0 bridgehead atoms. The van der Waals surface area contributed by atoms with Gasteiger partial charge in [0, 0.05) is 0 Å². The summed E-state index contributed by atoms with van der Waals surface area (Å²) >= 11 is 0. The molecule has 0 spiro atoms. The van der Waals surface area contributed by atoms with Gasteiger partial charge in [-0.25, -0.2) is 0 Å². The Kier molecular flexibility index (Phi) is 5.54. The lowest BCUT2D eigenvalue weighted by atomic mass is 9.71. The summed E-state index contributed by atoms with van der Waals surface area (Å²) in [4.78, 5) is 0. The van der Waals surface area contributed by atoms with Crippen molar-refractivity contribution in [3.05, 3.63) is 71.8 Å². The van der Waals surface area contributed by atoms with Gasteiger partial charge >= 0.3 is 0 Å². The van der Waals surface area contributed by atoms with Gasteiger partial charge in [-0.05, 0) is 41.7 Å². The minimum absolute atomic E-state index is 0.250. The molecule has 0 heterocycles. The molecule has 1 saturated carbocycles. The van der Waals surface area contributed by atoms with E-state index in [2.05, 4.69) is 67.6 Å². The van der Waals surface area contributed by atoms with Crippen LogP contribution in [0.15, 0.2) is 60.7 Å². The second-order valence-corrected chi connectivity index (χ2v) is 7.63. The summed E-state index contributed by atoms with van der Waals surface area (Å²) in [7, 11) is 0. The smallest absolute Gasteiger partial charge is 0.00348 e. The van der Waals surface area contributed by atoms with Gasteiger partial charge in [0.2, 0.25) is 0 Å². The lowest BCUT2D eigenvalue weighted by Crippen LogP contribution is -2.26. The van der Waals surface area contributed by atoms with Crippen LogP contribution in [0, 0.1) is 5.92 Å². The summed E-state index contributed by atoms with van der Waals surface area (Å²) in [6.07, 6.45) is 11.1. The zero-order valence-corrected chi connectivity index (χ0v) is 14.5. The van der Waals surface area contributed by atoms with Gasteiger partial charge in [0.15, 0.2) is 0 Å². The van der Waals surface area contributed by atoms with Crippen molar-refractivity contribution in [3.8, 4) is 0 Å². The average Bonchev–Trinajstić information content (AvgIpc) is 2.63. The maximum Gasteiger partial charge on any atom is -0.00348 e. The van der Waals surface area contributed by atoms with Gasteiger partial charge in [-0.3, -0.25) is 0 Å². The molecule has 0 amide bonds. The van der Waals surface area contributed by atoms with Crippen LogP contribution in [0.25, 0.3) is 0 Å². The summed E-state index contributed by atoms with van der Waals surface area (Å²) < 4.78 is 0. The van der Waals surface area contributed by atoms with Crippen molar-refractivity contribution in [1.29, 1.82) is 0 Å². The quantitative estimate of drug-likeness (QED) is 0.568. The number of benzene rings is 2. The number of hydrogen-bond acceptors (Lipinski definition) is 0. The molecular weight excluding hydrogens is 276 g/mol. The fourth-order valence-corrected chi connectivity index (χ4v) is 4.22. The van der Waals surface area contributed by atoms with E-state index in [9.17, 15) is 0 Å². The van der Waals surface area contributed by atoms with Crippen LogP contribution in [-0.4, -0.2) is 0 Å². The molecule has 0 N–H and O–H groups in total. The van der Waals surface area contributed by atoms with E-state index >= 15 is 0 Å². The second-order valence-electron chi connectivity index (χ2n) is 7.63. The Morgan fingerprint density at radius 3 is 2.09 bits per heavy atom. The first kappa shape index (κ1) is 16.3. The van der Waals surface area contributed by atoms with E-state index in [1.165, 1.54) is 56.1 Å². The van der Waals surface area contributed by atoms with Crippen LogP contribution < -0.4 is 0 Å². The highest BCUT2D eigenvalue weighted by Crippen LogP contribution is 2.37. The van der Waals surface area contributed by atoms with Gasteiger partial charge < -0.3 is 0 Å². The van der Waals surface area contributed by atoms with Gasteiger partial charge in [-0.1, -0.05) is 99.7 Å². The fraction of sp³-hybridized carbons (Fsp3) is 0.478. The van der Waals surface area contributed by atoms with E-state index in [4.69, 9.17) is 0 Å². The topological polar surface area (TPSA) is 0 Å². The molecule has 122 valence electrons. The minimum atomic E-state index is 0.250. The van der Waals surface area contributed by atoms with E-state index in [0.717, 1.165) is 12.3 Å².